The molecule has 0 aliphatic carbocycles. The third-order valence-electron chi connectivity index (χ3n) is 3.68. The quantitative estimate of drug-likeness (QED) is 0.758. The van der Waals surface area contributed by atoms with Crippen molar-refractivity contribution >= 4 is 17.3 Å². The topological polar surface area (TPSA) is 28.2 Å². The first kappa shape index (κ1) is 10.4. The first-order chi connectivity index (χ1) is 7.74. The molecule has 0 spiro atoms. The molecule has 16 heavy (non-hydrogen) atoms. The monoisotopic (exact) mass is 237 g/mol. The molecule has 3 nitrogen and oxygen atoms in total. The van der Waals surface area contributed by atoms with Gasteiger partial charge in [-0.2, -0.15) is 0 Å². The highest BCUT2D eigenvalue weighted by atomic mass is 35.5. The maximum Gasteiger partial charge on any atom is 0.132 e. The lowest BCUT2D eigenvalue weighted by Gasteiger charge is -2.47. The van der Waals surface area contributed by atoms with Gasteiger partial charge in [-0.1, -0.05) is 11.6 Å². The van der Waals surface area contributed by atoms with Crippen molar-refractivity contribution in [1.29, 1.82) is 0 Å². The van der Waals surface area contributed by atoms with Crippen LogP contribution in [0.2, 0.25) is 5.15 Å². The van der Waals surface area contributed by atoms with Crippen LogP contribution in [0.5, 0.6) is 0 Å². The molecule has 2 atom stereocenters. The van der Waals surface area contributed by atoms with E-state index in [0.717, 1.165) is 18.7 Å². The van der Waals surface area contributed by atoms with Crippen molar-refractivity contribution in [3.05, 3.63) is 23.0 Å². The highest BCUT2D eigenvalue weighted by molar-refractivity contribution is 6.30. The van der Waals surface area contributed by atoms with E-state index >= 15 is 0 Å². The molecule has 4 heteroatoms. The standard InChI is InChI=1S/C12H16ClN3/c1-8-4-11(6-15-12(8)13)16-7-9-2-3-10(16)5-14-9/h4,6,9-10,14H,2-3,5,7H2,1H3/t9-,10-/m1/s1. The predicted octanol–water partition coefficient (Wildman–Crippen LogP) is 1.98. The first-order valence-corrected chi connectivity index (χ1v) is 6.24. The Morgan fingerprint density at radius 1 is 1.50 bits per heavy atom. The molecule has 0 amide bonds. The van der Waals surface area contributed by atoms with E-state index in [1.807, 2.05) is 13.1 Å². The molecule has 3 aliphatic heterocycles. The molecule has 0 unspecified atom stereocenters. The Hall–Kier alpha value is -0.800. The van der Waals surface area contributed by atoms with E-state index < -0.39 is 0 Å². The molecule has 2 bridgehead atoms. The van der Waals surface area contributed by atoms with E-state index in [-0.39, 0.29) is 0 Å². The van der Waals surface area contributed by atoms with Gasteiger partial charge in [0, 0.05) is 25.2 Å². The molecule has 3 fully saturated rings. The zero-order valence-electron chi connectivity index (χ0n) is 9.41. The number of aromatic nitrogens is 1. The van der Waals surface area contributed by atoms with Crippen LogP contribution in [0.1, 0.15) is 18.4 Å². The summed E-state index contributed by atoms with van der Waals surface area (Å²) in [6.45, 7) is 4.22. The summed E-state index contributed by atoms with van der Waals surface area (Å²) in [7, 11) is 0. The second-order valence-electron chi connectivity index (χ2n) is 4.79. The zero-order valence-corrected chi connectivity index (χ0v) is 10.2. The second kappa shape index (κ2) is 3.90. The van der Waals surface area contributed by atoms with Crippen LogP contribution in [0.3, 0.4) is 0 Å². The van der Waals surface area contributed by atoms with Crippen LogP contribution in [0, 0.1) is 6.92 Å². The van der Waals surface area contributed by atoms with Gasteiger partial charge in [0.05, 0.1) is 11.9 Å². The van der Waals surface area contributed by atoms with Crippen molar-refractivity contribution in [2.24, 2.45) is 0 Å². The lowest BCUT2D eigenvalue weighted by atomic mass is 9.92. The Morgan fingerprint density at radius 2 is 2.38 bits per heavy atom. The maximum atomic E-state index is 5.96. The largest absolute Gasteiger partial charge is 0.364 e. The Balaban J connectivity index is 1.89. The molecule has 0 saturated carbocycles. The first-order valence-electron chi connectivity index (χ1n) is 5.86. The average molecular weight is 238 g/mol. The van der Waals surface area contributed by atoms with Crippen LogP contribution >= 0.6 is 11.6 Å². The summed E-state index contributed by atoms with van der Waals surface area (Å²) in [6.07, 6.45) is 4.50. The van der Waals surface area contributed by atoms with Crippen LogP contribution in [0.15, 0.2) is 12.3 Å². The second-order valence-corrected chi connectivity index (χ2v) is 5.15. The Bertz CT molecular complexity index is 399. The molecule has 0 radical (unpaired) electrons. The van der Waals surface area contributed by atoms with Gasteiger partial charge in [0.1, 0.15) is 5.15 Å². The molecule has 1 aromatic rings. The van der Waals surface area contributed by atoms with E-state index in [9.17, 15) is 0 Å². The lowest BCUT2D eigenvalue weighted by Crippen LogP contribution is -2.61. The highest BCUT2D eigenvalue weighted by Crippen LogP contribution is 2.29. The van der Waals surface area contributed by atoms with Gasteiger partial charge in [-0.05, 0) is 31.4 Å². The fourth-order valence-electron chi connectivity index (χ4n) is 2.73. The van der Waals surface area contributed by atoms with Gasteiger partial charge < -0.3 is 10.2 Å². The minimum absolute atomic E-state index is 0.615. The van der Waals surface area contributed by atoms with Crippen LogP contribution in [-0.2, 0) is 0 Å². The third kappa shape index (κ3) is 1.68. The van der Waals surface area contributed by atoms with Crippen LogP contribution in [0.25, 0.3) is 0 Å². The molecule has 1 aromatic heterocycles. The molecule has 4 heterocycles. The number of rotatable bonds is 1. The number of fused-ring (bicyclic) bond motifs is 3. The lowest BCUT2D eigenvalue weighted by molar-refractivity contribution is 0.290. The van der Waals surface area contributed by atoms with Crippen molar-refractivity contribution in [2.75, 3.05) is 18.0 Å². The van der Waals surface area contributed by atoms with Crippen LogP contribution in [-0.4, -0.2) is 30.2 Å². The molecule has 3 saturated heterocycles. The molecule has 86 valence electrons. The number of hydrogen-bond acceptors (Lipinski definition) is 3. The summed E-state index contributed by atoms with van der Waals surface area (Å²) in [5.41, 5.74) is 2.28. The van der Waals surface area contributed by atoms with Crippen LogP contribution in [0.4, 0.5) is 5.69 Å². The number of piperazine rings is 1. The normalized spacial score (nSPS) is 28.5. The van der Waals surface area contributed by atoms with Crippen molar-refractivity contribution in [1.82, 2.24) is 10.3 Å². The summed E-state index contributed by atoms with van der Waals surface area (Å²) in [6, 6.07) is 3.43. The van der Waals surface area contributed by atoms with Crippen molar-refractivity contribution in [3.8, 4) is 0 Å². The zero-order chi connectivity index (χ0) is 11.1. The van der Waals surface area contributed by atoms with Crippen LogP contribution < -0.4 is 10.2 Å². The number of aryl methyl sites for hydroxylation is 1. The molecule has 1 N–H and O–H groups in total. The number of halogens is 1. The van der Waals surface area contributed by atoms with Crippen molar-refractivity contribution in [3.63, 3.8) is 0 Å². The van der Waals surface area contributed by atoms with Gasteiger partial charge in [-0.3, -0.25) is 0 Å². The summed E-state index contributed by atoms with van der Waals surface area (Å²) in [4.78, 5) is 6.71. The highest BCUT2D eigenvalue weighted by Gasteiger charge is 2.33. The summed E-state index contributed by atoms with van der Waals surface area (Å²) < 4.78 is 0. The minimum Gasteiger partial charge on any atom is -0.364 e. The average Bonchev–Trinajstić information content (AvgIpc) is 2.34. The number of hydrogen-bond donors (Lipinski definition) is 1. The van der Waals surface area contributed by atoms with Crippen molar-refractivity contribution < 1.29 is 0 Å². The van der Waals surface area contributed by atoms with Gasteiger partial charge in [0.15, 0.2) is 0 Å². The Labute approximate surface area is 101 Å². The number of anilines is 1. The molecular weight excluding hydrogens is 222 g/mol. The minimum atomic E-state index is 0.615. The van der Waals surface area contributed by atoms with Gasteiger partial charge in [0.2, 0.25) is 0 Å². The smallest absolute Gasteiger partial charge is 0.132 e. The third-order valence-corrected chi connectivity index (χ3v) is 4.08. The fourth-order valence-corrected chi connectivity index (χ4v) is 2.83. The number of nitrogens with one attached hydrogen (secondary N) is 1. The van der Waals surface area contributed by atoms with E-state index in [1.165, 1.54) is 18.5 Å². The fraction of sp³-hybridized carbons (Fsp3) is 0.583. The molecule has 0 aromatic carbocycles. The van der Waals surface area contributed by atoms with Gasteiger partial charge >= 0.3 is 0 Å². The van der Waals surface area contributed by atoms with E-state index in [4.69, 9.17) is 11.6 Å². The number of nitrogens with zero attached hydrogens (tertiary/aromatic N) is 2. The SMILES string of the molecule is Cc1cc(N2C[C@H]3CC[C@@H]2CN3)cnc1Cl. The van der Waals surface area contributed by atoms with E-state index in [1.54, 1.807) is 0 Å². The number of piperidine rings is 2. The Morgan fingerprint density at radius 3 is 2.94 bits per heavy atom. The summed E-state index contributed by atoms with van der Waals surface area (Å²) >= 11 is 5.96. The summed E-state index contributed by atoms with van der Waals surface area (Å²) in [5.74, 6) is 0. The van der Waals surface area contributed by atoms with E-state index in [2.05, 4.69) is 21.3 Å². The number of pyridine rings is 1. The Kier molecular flexibility index (Phi) is 2.52. The molecule has 4 rings (SSSR count). The summed E-state index contributed by atoms with van der Waals surface area (Å²) in [5, 5.41) is 4.17. The van der Waals surface area contributed by atoms with E-state index in [0.29, 0.717) is 17.2 Å². The molecular formula is C12H16ClN3. The predicted molar refractivity (Wildman–Crippen MR) is 66.1 cm³/mol. The maximum absolute atomic E-state index is 5.96. The van der Waals surface area contributed by atoms with Crippen molar-refractivity contribution in [2.45, 2.75) is 31.8 Å². The molecule has 3 aliphatic rings. The van der Waals surface area contributed by atoms with Gasteiger partial charge in [-0.25, -0.2) is 4.98 Å². The van der Waals surface area contributed by atoms with Gasteiger partial charge in [-0.15, -0.1) is 0 Å². The van der Waals surface area contributed by atoms with Gasteiger partial charge in [0.25, 0.3) is 0 Å².